The van der Waals surface area contributed by atoms with Crippen molar-refractivity contribution in [2.45, 2.75) is 6.42 Å². The van der Waals surface area contributed by atoms with E-state index in [0.29, 0.717) is 38.9 Å². The summed E-state index contributed by atoms with van der Waals surface area (Å²) in [5.74, 6) is -0.918. The van der Waals surface area contributed by atoms with Crippen LogP contribution in [0, 0.1) is 11.6 Å². The van der Waals surface area contributed by atoms with E-state index in [4.69, 9.17) is 0 Å². The van der Waals surface area contributed by atoms with E-state index in [2.05, 4.69) is 35.1 Å². The molecule has 0 saturated carbocycles. The number of hydrogen-bond donors (Lipinski definition) is 2. The first-order valence-corrected chi connectivity index (χ1v) is 14.6. The van der Waals surface area contributed by atoms with Crippen LogP contribution < -0.4 is 4.90 Å². The fourth-order valence-corrected chi connectivity index (χ4v) is 5.27. The molecule has 5 heterocycles. The van der Waals surface area contributed by atoms with Crippen LogP contribution in [0.25, 0.3) is 56.0 Å². The molecule has 0 amide bonds. The first-order chi connectivity index (χ1) is 19.6. The number of nitrogens with one attached hydrogen (secondary N) is 2. The van der Waals surface area contributed by atoms with Crippen LogP contribution in [0.4, 0.5) is 14.5 Å². The summed E-state index contributed by atoms with van der Waals surface area (Å²) in [6.45, 7) is 0. The smallest absolute Gasteiger partial charge is 0.178 e. The molecule has 0 atom stereocenters. The highest BCUT2D eigenvalue weighted by molar-refractivity contribution is 7.90. The molecule has 6 aromatic rings. The second kappa shape index (κ2) is 10.0. The highest BCUT2D eigenvalue weighted by Gasteiger charge is 2.22. The zero-order chi connectivity index (χ0) is 28.9. The normalized spacial score (nSPS) is 11.9. The van der Waals surface area contributed by atoms with Crippen molar-refractivity contribution in [2.24, 2.45) is 0 Å². The van der Waals surface area contributed by atoms with Gasteiger partial charge >= 0.3 is 0 Å². The molecule has 0 bridgehead atoms. The Morgan fingerprint density at radius 1 is 0.976 bits per heavy atom. The highest BCUT2D eigenvalue weighted by Crippen LogP contribution is 2.35. The maximum atomic E-state index is 16.0. The van der Waals surface area contributed by atoms with Crippen molar-refractivity contribution >= 4 is 37.6 Å². The molecule has 10 nitrogen and oxygen atoms in total. The van der Waals surface area contributed by atoms with Gasteiger partial charge in [0.25, 0.3) is 0 Å². The molecule has 0 saturated heterocycles. The number of benzene rings is 1. The van der Waals surface area contributed by atoms with Crippen molar-refractivity contribution in [3.8, 4) is 33.9 Å². The summed E-state index contributed by atoms with van der Waals surface area (Å²) >= 11 is 0. The molecular weight excluding hydrogens is 550 g/mol. The first kappa shape index (κ1) is 26.4. The lowest BCUT2D eigenvalue weighted by Crippen LogP contribution is -2.09. The number of hydrogen-bond acceptors (Lipinski definition) is 8. The van der Waals surface area contributed by atoms with E-state index in [1.54, 1.807) is 36.8 Å². The number of halogens is 2. The number of H-pyrrole nitrogens is 2. The summed E-state index contributed by atoms with van der Waals surface area (Å²) in [6, 6.07) is 7.91. The Morgan fingerprint density at radius 2 is 1.80 bits per heavy atom. The monoisotopic (exact) mass is 574 g/mol. The molecule has 1 aromatic carbocycles. The van der Waals surface area contributed by atoms with Crippen molar-refractivity contribution in [1.82, 2.24) is 35.1 Å². The van der Waals surface area contributed by atoms with Gasteiger partial charge in [-0.3, -0.25) is 15.1 Å². The number of anilines is 1. The van der Waals surface area contributed by atoms with Gasteiger partial charge in [0.2, 0.25) is 0 Å². The lowest BCUT2D eigenvalue weighted by Gasteiger charge is -2.13. The Kier molecular flexibility index (Phi) is 6.45. The standard InChI is InChI=1S/C28H24F2N8O2S/c1-38(2)19-11-17(12-31-13-19)24-23(30)22-21(14-33-24)36-37-26(22)28-34-25-20(4-6-32-27(25)35-28)16-8-15(9-18(29)10-16)5-7-41(3,39)40/h4,6,8-14H,5,7H2,1-3H3,(H,36,37)(H,32,34,35). The van der Waals surface area contributed by atoms with E-state index in [9.17, 15) is 12.8 Å². The Hall–Kier alpha value is -4.78. The number of aryl methyl sites for hydroxylation is 1. The van der Waals surface area contributed by atoms with Crippen LogP contribution in [-0.2, 0) is 16.3 Å². The fourth-order valence-electron chi connectivity index (χ4n) is 4.67. The van der Waals surface area contributed by atoms with Gasteiger partial charge in [-0.2, -0.15) is 5.10 Å². The number of pyridine rings is 3. The van der Waals surface area contributed by atoms with Gasteiger partial charge in [0.15, 0.2) is 17.3 Å². The fraction of sp³-hybridized carbons (Fsp3) is 0.179. The average molecular weight is 575 g/mol. The molecule has 5 aromatic heterocycles. The van der Waals surface area contributed by atoms with Crippen molar-refractivity contribution < 1.29 is 17.2 Å². The Labute approximate surface area is 233 Å². The second-order valence-corrected chi connectivity index (χ2v) is 12.2. The molecule has 2 N–H and O–H groups in total. The summed E-state index contributed by atoms with van der Waals surface area (Å²) < 4.78 is 53.8. The van der Waals surface area contributed by atoms with Gasteiger partial charge in [0.05, 0.1) is 40.3 Å². The minimum absolute atomic E-state index is 0.0972. The van der Waals surface area contributed by atoms with E-state index in [-0.39, 0.29) is 34.8 Å². The third kappa shape index (κ3) is 5.11. The number of imidazole rings is 1. The molecule has 0 aliphatic carbocycles. The molecule has 0 fully saturated rings. The predicted octanol–water partition coefficient (Wildman–Crippen LogP) is 4.56. The number of sulfone groups is 1. The summed E-state index contributed by atoms with van der Waals surface area (Å²) in [7, 11) is 0.517. The van der Waals surface area contributed by atoms with Crippen LogP contribution >= 0.6 is 0 Å². The lowest BCUT2D eigenvalue weighted by atomic mass is 10.0. The molecule has 0 radical (unpaired) electrons. The average Bonchev–Trinajstić information content (AvgIpc) is 3.56. The number of rotatable bonds is 7. The number of aromatic nitrogens is 7. The van der Waals surface area contributed by atoms with E-state index < -0.39 is 21.5 Å². The highest BCUT2D eigenvalue weighted by atomic mass is 32.2. The maximum absolute atomic E-state index is 16.0. The van der Waals surface area contributed by atoms with E-state index >= 15 is 4.39 Å². The Balaban J connectivity index is 1.45. The van der Waals surface area contributed by atoms with Crippen molar-refractivity contribution in [2.75, 3.05) is 31.0 Å². The van der Waals surface area contributed by atoms with Gasteiger partial charge in [-0.1, -0.05) is 6.07 Å². The van der Waals surface area contributed by atoms with E-state index in [1.165, 1.54) is 18.3 Å². The topological polar surface area (TPSA) is 133 Å². The molecule has 0 aliphatic rings. The van der Waals surface area contributed by atoms with Crippen molar-refractivity contribution in [3.63, 3.8) is 0 Å². The zero-order valence-electron chi connectivity index (χ0n) is 22.3. The van der Waals surface area contributed by atoms with Gasteiger partial charge in [0.1, 0.15) is 27.0 Å². The van der Waals surface area contributed by atoms with E-state index in [0.717, 1.165) is 11.9 Å². The molecule has 0 unspecified atom stereocenters. The SMILES string of the molecule is CN(C)c1cncc(-c2ncc3[nH]nc(-c4nc5nccc(-c6cc(F)cc(CCS(C)(=O)=O)c6)c5[nH]4)c3c2F)c1. The van der Waals surface area contributed by atoms with Crippen LogP contribution in [0.3, 0.4) is 0 Å². The number of aromatic amines is 2. The summed E-state index contributed by atoms with van der Waals surface area (Å²) in [5.41, 5.74) is 4.53. The van der Waals surface area contributed by atoms with Crippen LogP contribution in [0.5, 0.6) is 0 Å². The first-order valence-electron chi connectivity index (χ1n) is 12.6. The minimum Gasteiger partial charge on any atom is -0.376 e. The van der Waals surface area contributed by atoms with Gasteiger partial charge in [-0.25, -0.2) is 27.2 Å². The quantitative estimate of drug-likeness (QED) is 0.284. The maximum Gasteiger partial charge on any atom is 0.178 e. The van der Waals surface area contributed by atoms with Crippen LogP contribution in [0.1, 0.15) is 5.56 Å². The molecule has 0 aliphatic heterocycles. The van der Waals surface area contributed by atoms with Crippen LogP contribution in [0.15, 0.2) is 55.1 Å². The second-order valence-electron chi connectivity index (χ2n) is 9.98. The van der Waals surface area contributed by atoms with Gasteiger partial charge < -0.3 is 9.88 Å². The molecular formula is C28H24F2N8O2S. The Bertz CT molecular complexity index is 2050. The zero-order valence-corrected chi connectivity index (χ0v) is 23.1. The van der Waals surface area contributed by atoms with Crippen LogP contribution in [-0.4, -0.2) is 69.6 Å². The minimum atomic E-state index is -3.22. The Morgan fingerprint density at radius 3 is 2.59 bits per heavy atom. The summed E-state index contributed by atoms with van der Waals surface area (Å²) in [4.78, 5) is 22.5. The predicted molar refractivity (Wildman–Crippen MR) is 153 cm³/mol. The van der Waals surface area contributed by atoms with Crippen molar-refractivity contribution in [3.05, 3.63) is 72.3 Å². The lowest BCUT2D eigenvalue weighted by molar-refractivity contribution is 0.600. The van der Waals surface area contributed by atoms with Gasteiger partial charge in [-0.05, 0) is 41.8 Å². The van der Waals surface area contributed by atoms with Crippen molar-refractivity contribution in [1.29, 1.82) is 0 Å². The number of nitrogens with zero attached hydrogens (tertiary/aromatic N) is 6. The molecule has 0 spiro atoms. The van der Waals surface area contributed by atoms with Gasteiger partial charge in [-0.15, -0.1) is 0 Å². The summed E-state index contributed by atoms with van der Waals surface area (Å²) in [6.07, 6.45) is 7.58. The molecule has 208 valence electrons. The number of fused-ring (bicyclic) bond motifs is 2. The summed E-state index contributed by atoms with van der Waals surface area (Å²) in [5, 5.41) is 7.32. The largest absolute Gasteiger partial charge is 0.376 e. The molecule has 13 heteroatoms. The molecule has 41 heavy (non-hydrogen) atoms. The molecule has 6 rings (SSSR count). The van der Waals surface area contributed by atoms with Gasteiger partial charge in [0, 0.05) is 43.9 Å². The third-order valence-corrected chi connectivity index (χ3v) is 7.65. The van der Waals surface area contributed by atoms with E-state index in [1.807, 2.05) is 19.0 Å². The third-order valence-electron chi connectivity index (χ3n) is 6.70. The van der Waals surface area contributed by atoms with Crippen LogP contribution in [0.2, 0.25) is 0 Å².